The highest BCUT2D eigenvalue weighted by Gasteiger charge is 2.06. The van der Waals surface area contributed by atoms with Crippen LogP contribution >= 0.6 is 0 Å². The van der Waals surface area contributed by atoms with Gasteiger partial charge in [-0.05, 0) is 42.3 Å². The summed E-state index contributed by atoms with van der Waals surface area (Å²) >= 11 is 0. The lowest BCUT2D eigenvalue weighted by Gasteiger charge is -2.08. The van der Waals surface area contributed by atoms with Crippen LogP contribution in [0.15, 0.2) is 59.4 Å². The van der Waals surface area contributed by atoms with E-state index in [1.165, 1.54) is 12.1 Å². The number of benzene rings is 2. The van der Waals surface area contributed by atoms with E-state index in [9.17, 15) is 9.59 Å². The zero-order valence-corrected chi connectivity index (χ0v) is 17.1. The molecule has 7 heteroatoms. The summed E-state index contributed by atoms with van der Waals surface area (Å²) in [5.41, 5.74) is 2.61. The fourth-order valence-electron chi connectivity index (χ4n) is 2.88. The molecule has 0 saturated carbocycles. The van der Waals surface area contributed by atoms with Gasteiger partial charge in [0.1, 0.15) is 5.82 Å². The summed E-state index contributed by atoms with van der Waals surface area (Å²) in [4.78, 5) is 31.3. The van der Waals surface area contributed by atoms with Gasteiger partial charge in [0.25, 0.3) is 5.56 Å². The van der Waals surface area contributed by atoms with Crippen LogP contribution in [0.4, 0.5) is 5.69 Å². The summed E-state index contributed by atoms with van der Waals surface area (Å²) in [5.74, 6) is 1.39. The maximum atomic E-state index is 12.3. The van der Waals surface area contributed by atoms with Crippen molar-refractivity contribution in [2.75, 3.05) is 19.5 Å². The summed E-state index contributed by atoms with van der Waals surface area (Å²) < 4.78 is 10.5. The number of H-pyrrole nitrogens is 1. The number of hydrogen-bond acceptors (Lipinski definition) is 5. The minimum Gasteiger partial charge on any atom is -0.493 e. The van der Waals surface area contributed by atoms with Crippen LogP contribution < -0.4 is 20.3 Å². The Hall–Kier alpha value is -3.87. The van der Waals surface area contributed by atoms with Gasteiger partial charge in [-0.2, -0.15) is 0 Å². The summed E-state index contributed by atoms with van der Waals surface area (Å²) in [6.45, 7) is 1.94. The second kappa shape index (κ2) is 9.56. The fourth-order valence-corrected chi connectivity index (χ4v) is 2.88. The first-order valence-electron chi connectivity index (χ1n) is 9.44. The molecular formula is C23H23N3O4. The Morgan fingerprint density at radius 1 is 1.10 bits per heavy atom. The van der Waals surface area contributed by atoms with Crippen molar-refractivity contribution in [2.45, 2.75) is 13.3 Å². The largest absolute Gasteiger partial charge is 0.493 e. The number of anilines is 1. The van der Waals surface area contributed by atoms with Gasteiger partial charge in [0.15, 0.2) is 11.5 Å². The first-order chi connectivity index (χ1) is 14.5. The minimum absolute atomic E-state index is 0.204. The molecule has 3 aromatic rings. The van der Waals surface area contributed by atoms with Gasteiger partial charge in [-0.25, -0.2) is 4.98 Å². The minimum atomic E-state index is -0.286. The lowest BCUT2D eigenvalue weighted by Crippen LogP contribution is -2.10. The second-order valence-corrected chi connectivity index (χ2v) is 6.46. The van der Waals surface area contributed by atoms with E-state index in [1.807, 2.05) is 19.1 Å². The highest BCUT2D eigenvalue weighted by atomic mass is 16.5. The van der Waals surface area contributed by atoms with Crippen molar-refractivity contribution >= 4 is 17.7 Å². The van der Waals surface area contributed by atoms with E-state index in [2.05, 4.69) is 15.3 Å². The normalized spacial score (nSPS) is 10.8. The highest BCUT2D eigenvalue weighted by molar-refractivity contribution is 6.02. The molecule has 154 valence electrons. The number of aryl methyl sites for hydroxylation is 1. The molecule has 30 heavy (non-hydrogen) atoms. The van der Waals surface area contributed by atoms with Crippen molar-refractivity contribution in [3.05, 3.63) is 76.2 Å². The average molecular weight is 405 g/mol. The van der Waals surface area contributed by atoms with Gasteiger partial charge >= 0.3 is 0 Å². The Bertz CT molecular complexity index is 1140. The molecule has 0 saturated heterocycles. The van der Waals surface area contributed by atoms with Crippen LogP contribution in [0.2, 0.25) is 0 Å². The zero-order valence-electron chi connectivity index (χ0n) is 17.1. The molecule has 0 aliphatic carbocycles. The number of aromatic amines is 1. The molecule has 1 amide bonds. The van der Waals surface area contributed by atoms with Gasteiger partial charge in [0.05, 0.1) is 14.2 Å². The van der Waals surface area contributed by atoms with Crippen molar-refractivity contribution in [3.63, 3.8) is 0 Å². The maximum Gasteiger partial charge on any atom is 0.251 e. The maximum absolute atomic E-state index is 12.3. The van der Waals surface area contributed by atoms with Gasteiger partial charge in [-0.1, -0.05) is 25.1 Å². The summed E-state index contributed by atoms with van der Waals surface area (Å²) in [6.07, 6.45) is 3.78. The van der Waals surface area contributed by atoms with E-state index >= 15 is 0 Å². The average Bonchev–Trinajstić information content (AvgIpc) is 2.77. The number of nitrogens with zero attached hydrogens (tertiary/aromatic N) is 1. The van der Waals surface area contributed by atoms with Crippen molar-refractivity contribution in [1.82, 2.24) is 9.97 Å². The van der Waals surface area contributed by atoms with Crippen LogP contribution in [-0.2, 0) is 11.2 Å². The molecule has 0 aliphatic heterocycles. The van der Waals surface area contributed by atoms with E-state index in [0.717, 1.165) is 5.56 Å². The smallest absolute Gasteiger partial charge is 0.251 e. The van der Waals surface area contributed by atoms with Crippen molar-refractivity contribution in [3.8, 4) is 22.9 Å². The standard InChI is InChI=1S/C23H23N3O4/c1-4-17-14-22(28)26-23(25-17)16-6-5-7-18(13-16)24-21(27)11-9-15-8-10-19(29-2)20(12-15)30-3/h5-14H,4H2,1-3H3,(H,24,27)(H,25,26,28)/b11-9+. The Kier molecular flexibility index (Phi) is 6.64. The predicted octanol–water partition coefficient (Wildman–Crippen LogP) is 3.67. The molecule has 1 heterocycles. The topological polar surface area (TPSA) is 93.3 Å². The number of aromatic nitrogens is 2. The molecule has 0 unspecified atom stereocenters. The summed E-state index contributed by atoms with van der Waals surface area (Å²) in [5, 5.41) is 2.82. The molecular weight excluding hydrogens is 382 g/mol. The Morgan fingerprint density at radius 2 is 1.90 bits per heavy atom. The number of hydrogen-bond donors (Lipinski definition) is 2. The first-order valence-corrected chi connectivity index (χ1v) is 9.44. The van der Waals surface area contributed by atoms with Crippen molar-refractivity contribution < 1.29 is 14.3 Å². The van der Waals surface area contributed by atoms with Crippen molar-refractivity contribution in [1.29, 1.82) is 0 Å². The number of amides is 1. The van der Waals surface area contributed by atoms with Crippen LogP contribution in [-0.4, -0.2) is 30.1 Å². The number of carbonyl (C=O) groups excluding carboxylic acids is 1. The van der Waals surface area contributed by atoms with Crippen LogP contribution in [0.5, 0.6) is 11.5 Å². The van der Waals surface area contributed by atoms with Crippen LogP contribution in [0.1, 0.15) is 18.2 Å². The SMILES string of the molecule is CCc1cc(=O)[nH]c(-c2cccc(NC(=O)/C=C/c3ccc(OC)c(OC)c3)c2)n1. The number of methoxy groups -OCH3 is 2. The van der Waals surface area contributed by atoms with Gasteiger partial charge in [-0.15, -0.1) is 0 Å². The van der Waals surface area contributed by atoms with E-state index in [0.29, 0.717) is 40.7 Å². The van der Waals surface area contributed by atoms with E-state index in [1.54, 1.807) is 50.6 Å². The van der Waals surface area contributed by atoms with Crippen LogP contribution in [0, 0.1) is 0 Å². The number of rotatable bonds is 7. The molecule has 3 rings (SSSR count). The second-order valence-electron chi connectivity index (χ2n) is 6.46. The van der Waals surface area contributed by atoms with E-state index < -0.39 is 0 Å². The molecule has 0 fully saturated rings. The van der Waals surface area contributed by atoms with Gasteiger partial charge in [-0.3, -0.25) is 9.59 Å². The number of ether oxygens (including phenoxy) is 2. The van der Waals surface area contributed by atoms with Gasteiger partial charge in [0, 0.05) is 29.1 Å². The summed E-state index contributed by atoms with van der Waals surface area (Å²) in [7, 11) is 3.13. The third-order valence-corrected chi connectivity index (χ3v) is 4.40. The lowest BCUT2D eigenvalue weighted by molar-refractivity contribution is -0.111. The summed E-state index contributed by atoms with van der Waals surface area (Å²) in [6, 6.07) is 14.0. The molecule has 2 N–H and O–H groups in total. The molecule has 0 spiro atoms. The molecule has 0 atom stereocenters. The first kappa shape index (κ1) is 20.9. The molecule has 2 aromatic carbocycles. The highest BCUT2D eigenvalue weighted by Crippen LogP contribution is 2.28. The Morgan fingerprint density at radius 3 is 2.63 bits per heavy atom. The van der Waals surface area contributed by atoms with Crippen molar-refractivity contribution in [2.24, 2.45) is 0 Å². The van der Waals surface area contributed by atoms with Crippen LogP contribution in [0.25, 0.3) is 17.5 Å². The molecule has 0 aliphatic rings. The number of carbonyl (C=O) groups is 1. The Labute approximate surface area is 174 Å². The van der Waals surface area contributed by atoms with Gasteiger partial charge < -0.3 is 19.8 Å². The third kappa shape index (κ3) is 5.14. The predicted molar refractivity (Wildman–Crippen MR) is 117 cm³/mol. The van der Waals surface area contributed by atoms with E-state index in [-0.39, 0.29) is 11.5 Å². The molecule has 0 bridgehead atoms. The monoisotopic (exact) mass is 405 g/mol. The van der Waals surface area contributed by atoms with E-state index in [4.69, 9.17) is 9.47 Å². The molecule has 7 nitrogen and oxygen atoms in total. The fraction of sp³-hybridized carbons (Fsp3) is 0.174. The Balaban J connectivity index is 1.75. The van der Waals surface area contributed by atoms with Crippen LogP contribution in [0.3, 0.4) is 0 Å². The molecule has 1 aromatic heterocycles. The zero-order chi connectivity index (χ0) is 21.5. The molecule has 0 radical (unpaired) electrons. The third-order valence-electron chi connectivity index (χ3n) is 4.40. The van der Waals surface area contributed by atoms with Gasteiger partial charge in [0.2, 0.25) is 5.91 Å². The lowest BCUT2D eigenvalue weighted by atomic mass is 10.1. The number of nitrogens with one attached hydrogen (secondary N) is 2. The quantitative estimate of drug-likeness (QED) is 0.585.